The summed E-state index contributed by atoms with van der Waals surface area (Å²) in [4.78, 5) is 46.8. The van der Waals surface area contributed by atoms with E-state index in [0.717, 1.165) is 6.33 Å². The third-order valence-electron chi connectivity index (χ3n) is 6.24. The van der Waals surface area contributed by atoms with Crippen molar-refractivity contribution in [2.24, 2.45) is 0 Å². The number of carboxylic acids is 3. The van der Waals surface area contributed by atoms with Crippen LogP contribution in [0.3, 0.4) is 0 Å². The number of anilines is 1. The van der Waals surface area contributed by atoms with E-state index in [1.54, 1.807) is 12.1 Å². The van der Waals surface area contributed by atoms with Crippen LogP contribution in [0, 0.1) is 0 Å². The fraction of sp³-hybridized carbons (Fsp3) is 0.391. The lowest BCUT2D eigenvalue weighted by molar-refractivity contribution is -0.190. The van der Waals surface area contributed by atoms with Gasteiger partial charge in [-0.15, -0.1) is 0 Å². The first kappa shape index (κ1) is 26.8. The van der Waals surface area contributed by atoms with E-state index in [1.165, 1.54) is 23.0 Å². The molecule has 1 aliphatic rings. The van der Waals surface area contributed by atoms with Crippen LogP contribution in [0.1, 0.15) is 23.8 Å². The van der Waals surface area contributed by atoms with Crippen LogP contribution in [0.4, 0.5) is 10.2 Å². The first-order valence-corrected chi connectivity index (χ1v) is 11.3. The summed E-state index contributed by atoms with van der Waals surface area (Å²) in [7, 11) is 0. The number of fused-ring (bicyclic) bond motifs is 1. The number of imidazole rings is 1. The molecule has 4 atom stereocenters. The number of hydrogen-bond donors (Lipinski definition) is 5. The predicted octanol–water partition coefficient (Wildman–Crippen LogP) is 0.189. The molecule has 2 aromatic heterocycles. The molecule has 202 valence electrons. The van der Waals surface area contributed by atoms with E-state index in [0.29, 0.717) is 5.56 Å². The number of aliphatic carboxylic acids is 3. The van der Waals surface area contributed by atoms with Crippen molar-refractivity contribution < 1.29 is 48.7 Å². The summed E-state index contributed by atoms with van der Waals surface area (Å²) in [5.74, 6) is -4.56. The number of aromatic nitrogens is 4. The Balaban J connectivity index is 1.50. The standard InChI is InChI=1S/C23H24FN5O9/c24-15-17(32)13(38-20(15)29-10-28-16-18(25)26-9-27-19(16)29)8-37-23(21(33)34,22(35)36)7-12-3-1-11(2-4-12)5-6-14(30)31/h1-4,9-10,13,15,17,20,32H,5-8H2,(H,30,31)(H,33,34)(H,35,36)(H2,25,26,27)/t13-,15+,17-,20-/m1/s1. The van der Waals surface area contributed by atoms with E-state index in [9.17, 15) is 29.7 Å². The first-order chi connectivity index (χ1) is 18.0. The van der Waals surface area contributed by atoms with Crippen LogP contribution in [0.5, 0.6) is 0 Å². The lowest BCUT2D eigenvalue weighted by Crippen LogP contribution is -2.52. The van der Waals surface area contributed by atoms with Crippen LogP contribution >= 0.6 is 0 Å². The fourth-order valence-electron chi connectivity index (χ4n) is 4.13. The van der Waals surface area contributed by atoms with E-state index in [-0.39, 0.29) is 35.4 Å². The second-order valence-electron chi connectivity index (χ2n) is 8.72. The molecule has 38 heavy (non-hydrogen) atoms. The third-order valence-corrected chi connectivity index (χ3v) is 6.24. The minimum atomic E-state index is -2.78. The average molecular weight is 533 g/mol. The maximum Gasteiger partial charge on any atom is 0.348 e. The zero-order valence-electron chi connectivity index (χ0n) is 19.7. The van der Waals surface area contributed by atoms with Gasteiger partial charge in [0.2, 0.25) is 0 Å². The number of carbonyl (C=O) groups is 3. The summed E-state index contributed by atoms with van der Waals surface area (Å²) in [6, 6.07) is 6.04. The molecule has 0 saturated carbocycles. The Morgan fingerprint density at radius 1 is 1.08 bits per heavy atom. The van der Waals surface area contributed by atoms with E-state index in [1.807, 2.05) is 0 Å². The number of halogens is 1. The van der Waals surface area contributed by atoms with E-state index < -0.39 is 61.1 Å². The molecule has 1 aliphatic heterocycles. The third kappa shape index (κ3) is 5.11. The topological polar surface area (TPSA) is 220 Å². The van der Waals surface area contributed by atoms with Crippen molar-refractivity contribution in [3.63, 3.8) is 0 Å². The van der Waals surface area contributed by atoms with Crippen molar-refractivity contribution in [3.8, 4) is 0 Å². The number of alkyl halides is 1. The van der Waals surface area contributed by atoms with Gasteiger partial charge in [0.05, 0.1) is 12.9 Å². The smallest absolute Gasteiger partial charge is 0.348 e. The molecule has 0 spiro atoms. The van der Waals surface area contributed by atoms with Crippen LogP contribution in [-0.4, -0.2) is 88.4 Å². The lowest BCUT2D eigenvalue weighted by atomic mass is 9.93. The molecule has 0 bridgehead atoms. The fourth-order valence-corrected chi connectivity index (χ4v) is 4.13. The molecule has 1 aromatic carbocycles. The Morgan fingerprint density at radius 2 is 1.74 bits per heavy atom. The highest BCUT2D eigenvalue weighted by Gasteiger charge is 2.52. The highest BCUT2D eigenvalue weighted by molar-refractivity contribution is 6.02. The lowest BCUT2D eigenvalue weighted by Gasteiger charge is -2.27. The molecule has 1 fully saturated rings. The molecule has 1 saturated heterocycles. The van der Waals surface area contributed by atoms with Gasteiger partial charge >= 0.3 is 17.9 Å². The molecule has 14 nitrogen and oxygen atoms in total. The summed E-state index contributed by atoms with van der Waals surface area (Å²) in [6.45, 7) is -0.767. The first-order valence-electron chi connectivity index (χ1n) is 11.3. The Bertz CT molecular complexity index is 1330. The SMILES string of the molecule is Nc1ncnc2c1ncn2[C@@H]1O[C@H](COC(Cc2ccc(CCC(=O)O)cc2)(C(=O)O)C(=O)O)[C@@H](O)[C@@H]1F. The summed E-state index contributed by atoms with van der Waals surface area (Å²) in [5.41, 5.74) is 4.23. The van der Waals surface area contributed by atoms with Crippen molar-refractivity contribution >= 4 is 34.9 Å². The minimum Gasteiger partial charge on any atom is -0.481 e. The number of nitrogens with two attached hydrogens (primary N) is 1. The molecule has 0 aliphatic carbocycles. The predicted molar refractivity (Wildman–Crippen MR) is 125 cm³/mol. The molecule has 3 heterocycles. The van der Waals surface area contributed by atoms with Crippen molar-refractivity contribution in [3.05, 3.63) is 48.0 Å². The summed E-state index contributed by atoms with van der Waals surface area (Å²) >= 11 is 0. The Kier molecular flexibility index (Phi) is 7.52. The number of aliphatic hydroxyl groups excluding tert-OH is 1. The van der Waals surface area contributed by atoms with Crippen LogP contribution in [0.25, 0.3) is 11.2 Å². The Morgan fingerprint density at radius 3 is 2.37 bits per heavy atom. The summed E-state index contributed by atoms with van der Waals surface area (Å²) in [5, 5.41) is 38.8. The number of carboxylic acid groups (broad SMARTS) is 3. The number of aliphatic hydroxyl groups is 1. The van der Waals surface area contributed by atoms with Crippen molar-refractivity contribution in [2.45, 2.75) is 49.5 Å². The summed E-state index contributed by atoms with van der Waals surface area (Å²) in [6.07, 6.45) is -4.80. The van der Waals surface area contributed by atoms with Crippen LogP contribution in [0.15, 0.2) is 36.9 Å². The van der Waals surface area contributed by atoms with Crippen LogP contribution < -0.4 is 5.73 Å². The van der Waals surface area contributed by atoms with Gasteiger partial charge in [-0.05, 0) is 17.5 Å². The minimum absolute atomic E-state index is 0.0465. The highest BCUT2D eigenvalue weighted by Crippen LogP contribution is 2.35. The van der Waals surface area contributed by atoms with Gasteiger partial charge in [-0.2, -0.15) is 0 Å². The molecule has 0 radical (unpaired) electrons. The van der Waals surface area contributed by atoms with Gasteiger partial charge in [-0.1, -0.05) is 24.3 Å². The average Bonchev–Trinajstić information content (AvgIpc) is 3.42. The largest absolute Gasteiger partial charge is 0.481 e. The molecule has 0 unspecified atom stereocenters. The maximum atomic E-state index is 15.0. The number of ether oxygens (including phenoxy) is 2. The van der Waals surface area contributed by atoms with Crippen molar-refractivity contribution in [1.29, 1.82) is 0 Å². The normalized spacial score (nSPS) is 21.5. The second-order valence-corrected chi connectivity index (χ2v) is 8.72. The van der Waals surface area contributed by atoms with Gasteiger partial charge in [0, 0.05) is 12.8 Å². The van der Waals surface area contributed by atoms with Crippen molar-refractivity contribution in [1.82, 2.24) is 19.5 Å². The van der Waals surface area contributed by atoms with Crippen LogP contribution in [0.2, 0.25) is 0 Å². The molecule has 4 rings (SSSR count). The molecular formula is C23H24FN5O9. The number of nitrogens with zero attached hydrogens (tertiary/aromatic N) is 4. The molecule has 3 aromatic rings. The van der Waals surface area contributed by atoms with Gasteiger partial charge in [0.15, 0.2) is 23.9 Å². The quantitative estimate of drug-likeness (QED) is 0.208. The monoisotopic (exact) mass is 533 g/mol. The van der Waals surface area contributed by atoms with E-state index in [4.69, 9.17) is 20.3 Å². The number of nitrogen functional groups attached to an aromatic ring is 1. The second kappa shape index (κ2) is 10.6. The maximum absolute atomic E-state index is 15.0. The van der Waals surface area contributed by atoms with Crippen molar-refractivity contribution in [2.75, 3.05) is 12.3 Å². The number of hydrogen-bond acceptors (Lipinski definition) is 10. The van der Waals surface area contributed by atoms with Gasteiger partial charge in [0.25, 0.3) is 5.60 Å². The van der Waals surface area contributed by atoms with Crippen LogP contribution in [-0.2, 0) is 36.7 Å². The highest BCUT2D eigenvalue weighted by atomic mass is 19.1. The van der Waals surface area contributed by atoms with Gasteiger partial charge in [-0.25, -0.2) is 28.9 Å². The number of aryl methyl sites for hydroxylation is 1. The molecular weight excluding hydrogens is 509 g/mol. The molecule has 6 N–H and O–H groups in total. The zero-order valence-corrected chi connectivity index (χ0v) is 19.7. The van der Waals surface area contributed by atoms with Gasteiger partial charge < -0.3 is 35.6 Å². The number of benzene rings is 1. The summed E-state index contributed by atoms with van der Waals surface area (Å²) < 4.78 is 27.1. The van der Waals surface area contributed by atoms with Gasteiger partial charge in [0.1, 0.15) is 24.1 Å². The van der Waals surface area contributed by atoms with E-state index in [2.05, 4.69) is 15.0 Å². The van der Waals surface area contributed by atoms with Gasteiger partial charge in [-0.3, -0.25) is 9.36 Å². The number of rotatable bonds is 11. The zero-order chi connectivity index (χ0) is 27.6. The van der Waals surface area contributed by atoms with E-state index >= 15 is 4.39 Å². The Hall–Kier alpha value is -4.21. The Labute approximate surface area is 213 Å². The molecule has 0 amide bonds. The molecule has 15 heteroatoms.